The van der Waals surface area contributed by atoms with Gasteiger partial charge in [0.2, 0.25) is 10.0 Å². The molecule has 2 N–H and O–H groups in total. The maximum Gasteiger partial charge on any atom is 0.214 e. The summed E-state index contributed by atoms with van der Waals surface area (Å²) in [4.78, 5) is 7.32. The van der Waals surface area contributed by atoms with Crippen LogP contribution < -0.4 is 15.4 Å². The first-order valence-electron chi connectivity index (χ1n) is 10.9. The molecule has 2 fully saturated rings. The average Bonchev–Trinajstić information content (AvgIpc) is 3.38. The second kappa shape index (κ2) is 11.0. The highest BCUT2D eigenvalue weighted by Crippen LogP contribution is 2.27. The first-order valence-corrected chi connectivity index (χ1v) is 12.5. The number of ether oxygens (including phenoxy) is 1. The lowest BCUT2D eigenvalue weighted by atomic mass is 10.1. The van der Waals surface area contributed by atoms with Crippen molar-refractivity contribution in [3.05, 3.63) is 29.8 Å². The minimum atomic E-state index is -3.06. The molecule has 2 heterocycles. The van der Waals surface area contributed by atoms with Crippen LogP contribution >= 0.6 is 0 Å². The number of hydrogen-bond donors (Lipinski definition) is 2. The molecule has 1 unspecified atom stereocenters. The minimum absolute atomic E-state index is 0.192. The fourth-order valence-electron chi connectivity index (χ4n) is 4.09. The van der Waals surface area contributed by atoms with Gasteiger partial charge in [-0.1, -0.05) is 12.1 Å². The van der Waals surface area contributed by atoms with Gasteiger partial charge in [-0.25, -0.2) is 12.7 Å². The maximum atomic E-state index is 12.0. The van der Waals surface area contributed by atoms with Crippen LogP contribution in [0.4, 0.5) is 0 Å². The zero-order valence-corrected chi connectivity index (χ0v) is 19.0. The van der Waals surface area contributed by atoms with Crippen molar-refractivity contribution in [2.75, 3.05) is 58.7 Å². The zero-order valence-electron chi connectivity index (χ0n) is 18.1. The molecule has 0 amide bonds. The van der Waals surface area contributed by atoms with Crippen LogP contribution in [0.25, 0.3) is 0 Å². The minimum Gasteiger partial charge on any atom is -0.497 e. The van der Waals surface area contributed by atoms with Crippen LogP contribution in [0.3, 0.4) is 0 Å². The number of nitrogens with one attached hydrogen (secondary N) is 2. The predicted octanol–water partition coefficient (Wildman–Crippen LogP) is 1.42. The second-order valence-electron chi connectivity index (χ2n) is 7.75. The van der Waals surface area contributed by atoms with E-state index in [9.17, 15) is 8.42 Å². The van der Waals surface area contributed by atoms with Crippen molar-refractivity contribution in [2.24, 2.45) is 4.99 Å². The van der Waals surface area contributed by atoms with Gasteiger partial charge in [-0.3, -0.25) is 9.89 Å². The topological polar surface area (TPSA) is 86.3 Å². The summed E-state index contributed by atoms with van der Waals surface area (Å²) in [6, 6.07) is 8.42. The Hall–Kier alpha value is -1.84. The Morgan fingerprint density at radius 3 is 2.67 bits per heavy atom. The van der Waals surface area contributed by atoms with Crippen LogP contribution in [-0.2, 0) is 10.0 Å². The SMILES string of the molecule is CCNC(=NCC(c1cccc(OC)c1)N1CCCC1)NCCN1CCCS1(=O)=O. The van der Waals surface area contributed by atoms with Gasteiger partial charge in [0, 0.05) is 26.2 Å². The van der Waals surface area contributed by atoms with Gasteiger partial charge < -0.3 is 15.4 Å². The summed E-state index contributed by atoms with van der Waals surface area (Å²) in [7, 11) is -1.37. The van der Waals surface area contributed by atoms with E-state index in [0.29, 0.717) is 32.6 Å². The first kappa shape index (κ1) is 22.8. The van der Waals surface area contributed by atoms with Crippen LogP contribution in [0.2, 0.25) is 0 Å². The lowest BCUT2D eigenvalue weighted by Crippen LogP contribution is -2.42. The highest BCUT2D eigenvalue weighted by molar-refractivity contribution is 7.89. The maximum absolute atomic E-state index is 12.0. The summed E-state index contributed by atoms with van der Waals surface area (Å²) in [5.74, 6) is 1.85. The third kappa shape index (κ3) is 6.09. The van der Waals surface area contributed by atoms with Crippen molar-refractivity contribution in [3.8, 4) is 5.75 Å². The Labute approximate surface area is 180 Å². The number of guanidine groups is 1. The summed E-state index contributed by atoms with van der Waals surface area (Å²) >= 11 is 0. The molecule has 168 valence electrons. The van der Waals surface area contributed by atoms with Gasteiger partial charge in [0.1, 0.15) is 5.75 Å². The summed E-state index contributed by atoms with van der Waals surface area (Å²) < 4.78 is 30.9. The Bertz CT molecular complexity index is 809. The normalized spacial score (nSPS) is 20.9. The van der Waals surface area contributed by atoms with Gasteiger partial charge in [0.15, 0.2) is 5.96 Å². The Balaban J connectivity index is 1.65. The third-order valence-corrected chi connectivity index (χ3v) is 7.64. The number of sulfonamides is 1. The van der Waals surface area contributed by atoms with Gasteiger partial charge in [-0.05, 0) is 57.0 Å². The molecule has 30 heavy (non-hydrogen) atoms. The molecule has 0 aromatic heterocycles. The summed E-state index contributed by atoms with van der Waals surface area (Å²) in [5.41, 5.74) is 1.21. The predicted molar refractivity (Wildman–Crippen MR) is 121 cm³/mol. The first-order chi connectivity index (χ1) is 14.5. The molecule has 2 saturated heterocycles. The molecular weight excluding hydrogens is 402 g/mol. The van der Waals surface area contributed by atoms with E-state index in [2.05, 4.69) is 27.7 Å². The molecule has 0 spiro atoms. The standard InChI is InChI=1S/C21H35N5O3S/c1-3-22-21(23-10-14-26-13-7-15-30(26,27)28)24-17-20(25-11-4-5-12-25)18-8-6-9-19(16-18)29-2/h6,8-9,16,20H,3-5,7,10-15,17H2,1-2H3,(H2,22,23,24). The quantitative estimate of drug-likeness (QED) is 0.449. The number of aliphatic imine (C=N–C) groups is 1. The second-order valence-corrected chi connectivity index (χ2v) is 9.84. The van der Waals surface area contributed by atoms with Gasteiger partial charge in [0.05, 0.1) is 25.4 Å². The molecule has 9 heteroatoms. The molecule has 0 saturated carbocycles. The van der Waals surface area contributed by atoms with E-state index in [1.165, 1.54) is 18.4 Å². The van der Waals surface area contributed by atoms with E-state index < -0.39 is 10.0 Å². The molecule has 2 aliphatic rings. The van der Waals surface area contributed by atoms with Crippen molar-refractivity contribution in [1.82, 2.24) is 19.8 Å². The molecule has 1 atom stereocenters. The van der Waals surface area contributed by atoms with Crippen molar-refractivity contribution in [3.63, 3.8) is 0 Å². The van der Waals surface area contributed by atoms with E-state index in [-0.39, 0.29) is 11.8 Å². The smallest absolute Gasteiger partial charge is 0.214 e. The van der Waals surface area contributed by atoms with Gasteiger partial charge in [-0.15, -0.1) is 0 Å². The van der Waals surface area contributed by atoms with E-state index in [1.54, 1.807) is 11.4 Å². The van der Waals surface area contributed by atoms with E-state index in [1.807, 2.05) is 19.1 Å². The molecule has 2 aliphatic heterocycles. The van der Waals surface area contributed by atoms with Crippen molar-refractivity contribution < 1.29 is 13.2 Å². The molecule has 3 rings (SSSR count). The largest absolute Gasteiger partial charge is 0.497 e. The number of nitrogens with zero attached hydrogens (tertiary/aromatic N) is 3. The Morgan fingerprint density at radius 1 is 1.20 bits per heavy atom. The number of rotatable bonds is 9. The zero-order chi connectivity index (χ0) is 21.4. The molecule has 0 bridgehead atoms. The van der Waals surface area contributed by atoms with Crippen LogP contribution in [0.1, 0.15) is 37.8 Å². The molecule has 8 nitrogen and oxygen atoms in total. The van der Waals surface area contributed by atoms with Crippen LogP contribution in [-0.4, -0.2) is 82.3 Å². The summed E-state index contributed by atoms with van der Waals surface area (Å²) in [6.45, 7) is 7.19. The Kier molecular flexibility index (Phi) is 8.35. The summed E-state index contributed by atoms with van der Waals surface area (Å²) in [6.07, 6.45) is 3.15. The number of benzene rings is 1. The lowest BCUT2D eigenvalue weighted by molar-refractivity contribution is 0.251. The molecule has 0 aliphatic carbocycles. The van der Waals surface area contributed by atoms with Crippen LogP contribution in [0.5, 0.6) is 5.75 Å². The fraction of sp³-hybridized carbons (Fsp3) is 0.667. The van der Waals surface area contributed by atoms with Crippen LogP contribution in [0.15, 0.2) is 29.3 Å². The van der Waals surface area contributed by atoms with Crippen molar-refractivity contribution in [1.29, 1.82) is 0 Å². The number of methoxy groups -OCH3 is 1. The third-order valence-electron chi connectivity index (χ3n) is 5.68. The highest BCUT2D eigenvalue weighted by atomic mass is 32.2. The molecule has 1 aromatic rings. The lowest BCUT2D eigenvalue weighted by Gasteiger charge is -2.27. The number of hydrogen-bond acceptors (Lipinski definition) is 5. The number of likely N-dealkylation sites (tertiary alicyclic amines) is 1. The molecular formula is C21H35N5O3S. The van der Waals surface area contributed by atoms with Crippen molar-refractivity contribution >= 4 is 16.0 Å². The summed E-state index contributed by atoms with van der Waals surface area (Å²) in [5, 5.41) is 6.57. The van der Waals surface area contributed by atoms with Gasteiger partial charge in [-0.2, -0.15) is 0 Å². The molecule has 1 aromatic carbocycles. The average molecular weight is 438 g/mol. The fourth-order valence-corrected chi connectivity index (χ4v) is 5.62. The Morgan fingerprint density at radius 2 is 2.00 bits per heavy atom. The highest BCUT2D eigenvalue weighted by Gasteiger charge is 2.27. The monoisotopic (exact) mass is 437 g/mol. The van der Waals surface area contributed by atoms with Crippen molar-refractivity contribution in [2.45, 2.75) is 32.2 Å². The van der Waals surface area contributed by atoms with Gasteiger partial charge in [0.25, 0.3) is 0 Å². The van der Waals surface area contributed by atoms with E-state index >= 15 is 0 Å². The van der Waals surface area contributed by atoms with E-state index in [4.69, 9.17) is 9.73 Å². The molecule has 0 radical (unpaired) electrons. The van der Waals surface area contributed by atoms with Gasteiger partial charge >= 0.3 is 0 Å². The van der Waals surface area contributed by atoms with Crippen LogP contribution in [0, 0.1) is 0 Å². The van der Waals surface area contributed by atoms with E-state index in [0.717, 1.165) is 31.3 Å².